The van der Waals surface area contributed by atoms with Crippen LogP contribution in [0.3, 0.4) is 0 Å². The van der Waals surface area contributed by atoms with Crippen LogP contribution in [0.2, 0.25) is 10.0 Å². The molecule has 4 N–H and O–H groups in total. The molecule has 2 aromatic carbocycles. The molecule has 0 saturated carbocycles. The molecule has 1 aromatic heterocycles. The summed E-state index contributed by atoms with van der Waals surface area (Å²) in [5.41, 5.74) is 14.0. The van der Waals surface area contributed by atoms with Gasteiger partial charge in [-0.1, -0.05) is 47.5 Å². The molecule has 23 heavy (non-hydrogen) atoms. The number of nitrogen functional groups attached to an aromatic ring is 2. The van der Waals surface area contributed by atoms with Crippen molar-refractivity contribution in [2.24, 2.45) is 0 Å². The Morgan fingerprint density at radius 1 is 0.739 bits per heavy atom. The van der Waals surface area contributed by atoms with Gasteiger partial charge in [0.1, 0.15) is 5.69 Å². The Balaban J connectivity index is 2.16. The Morgan fingerprint density at radius 3 is 1.65 bits per heavy atom. The second kappa shape index (κ2) is 6.40. The van der Waals surface area contributed by atoms with Crippen molar-refractivity contribution in [2.75, 3.05) is 11.5 Å². The molecule has 0 unspecified atom stereocenters. The van der Waals surface area contributed by atoms with Crippen molar-refractivity contribution in [3.8, 4) is 0 Å². The smallest absolute Gasteiger partial charge is 0.242 e. The van der Waals surface area contributed by atoms with E-state index in [9.17, 15) is 0 Å². The van der Waals surface area contributed by atoms with Crippen LogP contribution in [0.1, 0.15) is 22.7 Å². The standard InChI is InChI=1S/C16H13Cl2N5/c17-11-5-1-9(2-6-11)13(10-3-7-12(18)8-4-10)14-15(19)21-16(20)23-22-14/h1-8,13H,(H4,19,20,21,23). The van der Waals surface area contributed by atoms with Gasteiger partial charge in [0.2, 0.25) is 5.95 Å². The van der Waals surface area contributed by atoms with E-state index < -0.39 is 0 Å². The molecule has 0 bridgehead atoms. The maximum atomic E-state index is 6.01. The Labute approximate surface area is 143 Å². The highest BCUT2D eigenvalue weighted by Crippen LogP contribution is 2.34. The molecule has 0 saturated heterocycles. The molecule has 3 rings (SSSR count). The highest BCUT2D eigenvalue weighted by atomic mass is 35.5. The fraction of sp³-hybridized carbons (Fsp3) is 0.0625. The maximum absolute atomic E-state index is 6.01. The number of halogens is 2. The van der Waals surface area contributed by atoms with Gasteiger partial charge in [0.15, 0.2) is 5.82 Å². The predicted molar refractivity (Wildman–Crippen MR) is 92.5 cm³/mol. The van der Waals surface area contributed by atoms with Gasteiger partial charge in [-0.15, -0.1) is 10.2 Å². The van der Waals surface area contributed by atoms with Crippen molar-refractivity contribution in [2.45, 2.75) is 5.92 Å². The van der Waals surface area contributed by atoms with Crippen LogP contribution in [0.5, 0.6) is 0 Å². The van der Waals surface area contributed by atoms with Crippen LogP contribution in [-0.4, -0.2) is 15.2 Å². The number of benzene rings is 2. The molecule has 7 heteroatoms. The van der Waals surface area contributed by atoms with Gasteiger partial charge in [-0.25, -0.2) is 0 Å². The average Bonchev–Trinajstić information content (AvgIpc) is 2.53. The SMILES string of the molecule is Nc1nnc(C(c2ccc(Cl)cc2)c2ccc(Cl)cc2)c(N)n1. The van der Waals surface area contributed by atoms with Crippen molar-refractivity contribution in [1.29, 1.82) is 0 Å². The lowest BCUT2D eigenvalue weighted by Crippen LogP contribution is -2.13. The molecular weight excluding hydrogens is 333 g/mol. The summed E-state index contributed by atoms with van der Waals surface area (Å²) in [4.78, 5) is 4.01. The van der Waals surface area contributed by atoms with E-state index in [0.29, 0.717) is 15.7 Å². The topological polar surface area (TPSA) is 90.7 Å². The van der Waals surface area contributed by atoms with E-state index in [1.807, 2.05) is 48.5 Å². The van der Waals surface area contributed by atoms with Crippen LogP contribution in [-0.2, 0) is 0 Å². The summed E-state index contributed by atoms with van der Waals surface area (Å²) in [5.74, 6) is 0.0368. The van der Waals surface area contributed by atoms with Gasteiger partial charge in [-0.2, -0.15) is 4.98 Å². The third-order valence-electron chi connectivity index (χ3n) is 3.44. The predicted octanol–water partition coefficient (Wildman–Crippen LogP) is 3.52. The maximum Gasteiger partial charge on any atom is 0.242 e. The van der Waals surface area contributed by atoms with Gasteiger partial charge in [-0.05, 0) is 35.4 Å². The first kappa shape index (κ1) is 15.5. The van der Waals surface area contributed by atoms with Gasteiger partial charge >= 0.3 is 0 Å². The normalized spacial score (nSPS) is 10.9. The molecule has 0 aliphatic carbocycles. The number of rotatable bonds is 3. The summed E-state index contributed by atoms with van der Waals surface area (Å²) in [6, 6.07) is 14.9. The zero-order valence-corrected chi connectivity index (χ0v) is 13.5. The first-order chi connectivity index (χ1) is 11.0. The van der Waals surface area contributed by atoms with Crippen LogP contribution in [0, 0.1) is 0 Å². The molecule has 0 spiro atoms. The van der Waals surface area contributed by atoms with Crippen molar-refractivity contribution in [3.63, 3.8) is 0 Å². The van der Waals surface area contributed by atoms with Crippen molar-refractivity contribution in [1.82, 2.24) is 15.2 Å². The average molecular weight is 346 g/mol. The van der Waals surface area contributed by atoms with Crippen LogP contribution in [0.15, 0.2) is 48.5 Å². The Hall–Kier alpha value is -2.37. The minimum Gasteiger partial charge on any atom is -0.382 e. The van der Waals surface area contributed by atoms with Crippen LogP contribution in [0.25, 0.3) is 0 Å². The number of hydrogen-bond acceptors (Lipinski definition) is 5. The van der Waals surface area contributed by atoms with E-state index in [1.165, 1.54) is 0 Å². The third-order valence-corrected chi connectivity index (χ3v) is 3.94. The van der Waals surface area contributed by atoms with E-state index in [1.54, 1.807) is 0 Å². The van der Waals surface area contributed by atoms with Crippen LogP contribution in [0.4, 0.5) is 11.8 Å². The van der Waals surface area contributed by atoms with Crippen LogP contribution >= 0.6 is 23.2 Å². The van der Waals surface area contributed by atoms with Gasteiger partial charge in [0.05, 0.1) is 5.92 Å². The molecule has 0 aliphatic rings. The summed E-state index contributed by atoms with van der Waals surface area (Å²) in [6.45, 7) is 0. The van der Waals surface area contributed by atoms with Crippen molar-refractivity contribution in [3.05, 3.63) is 75.4 Å². The molecule has 0 amide bonds. The highest BCUT2D eigenvalue weighted by molar-refractivity contribution is 6.30. The second-order valence-corrected chi connectivity index (χ2v) is 5.85. The summed E-state index contributed by atoms with van der Waals surface area (Å²) < 4.78 is 0. The lowest BCUT2D eigenvalue weighted by Gasteiger charge is -2.18. The minimum atomic E-state index is -0.245. The number of hydrogen-bond donors (Lipinski definition) is 2. The summed E-state index contributed by atoms with van der Waals surface area (Å²) in [7, 11) is 0. The number of anilines is 2. The lowest BCUT2D eigenvalue weighted by atomic mass is 9.88. The fourth-order valence-electron chi connectivity index (χ4n) is 2.38. The lowest BCUT2D eigenvalue weighted by molar-refractivity contribution is 0.842. The third kappa shape index (κ3) is 3.36. The molecule has 116 valence electrons. The molecule has 1 heterocycles. The Bertz CT molecular complexity index is 773. The fourth-order valence-corrected chi connectivity index (χ4v) is 2.64. The summed E-state index contributed by atoms with van der Waals surface area (Å²) >= 11 is 12.0. The zero-order valence-electron chi connectivity index (χ0n) is 11.9. The van der Waals surface area contributed by atoms with Crippen molar-refractivity contribution >= 4 is 35.0 Å². The van der Waals surface area contributed by atoms with E-state index in [0.717, 1.165) is 11.1 Å². The molecule has 0 radical (unpaired) electrons. The summed E-state index contributed by atoms with van der Waals surface area (Å²) in [5, 5.41) is 9.28. The quantitative estimate of drug-likeness (QED) is 0.757. The van der Waals surface area contributed by atoms with Gasteiger partial charge < -0.3 is 11.5 Å². The zero-order chi connectivity index (χ0) is 16.4. The largest absolute Gasteiger partial charge is 0.382 e. The monoisotopic (exact) mass is 345 g/mol. The Kier molecular flexibility index (Phi) is 4.32. The molecule has 3 aromatic rings. The number of nitrogens with zero attached hydrogens (tertiary/aromatic N) is 3. The van der Waals surface area contributed by atoms with Crippen LogP contribution < -0.4 is 11.5 Å². The first-order valence-electron chi connectivity index (χ1n) is 6.81. The van der Waals surface area contributed by atoms with Gasteiger partial charge in [0.25, 0.3) is 0 Å². The second-order valence-electron chi connectivity index (χ2n) is 4.98. The Morgan fingerprint density at radius 2 is 1.22 bits per heavy atom. The molecular formula is C16H13Cl2N5. The van der Waals surface area contributed by atoms with E-state index in [4.69, 9.17) is 34.7 Å². The molecule has 0 aliphatic heterocycles. The molecule has 0 atom stereocenters. The molecule has 5 nitrogen and oxygen atoms in total. The minimum absolute atomic E-state index is 0.0391. The van der Waals surface area contributed by atoms with Gasteiger partial charge in [0, 0.05) is 10.0 Å². The van der Waals surface area contributed by atoms with Gasteiger partial charge in [-0.3, -0.25) is 0 Å². The highest BCUT2D eigenvalue weighted by Gasteiger charge is 2.22. The first-order valence-corrected chi connectivity index (χ1v) is 7.56. The number of aromatic nitrogens is 3. The molecule has 0 fully saturated rings. The van der Waals surface area contributed by atoms with E-state index in [2.05, 4.69) is 15.2 Å². The van der Waals surface area contributed by atoms with E-state index >= 15 is 0 Å². The summed E-state index contributed by atoms with van der Waals surface area (Å²) in [6.07, 6.45) is 0. The number of nitrogens with two attached hydrogens (primary N) is 2. The van der Waals surface area contributed by atoms with Crippen molar-refractivity contribution < 1.29 is 0 Å². The van der Waals surface area contributed by atoms with E-state index in [-0.39, 0.29) is 17.7 Å².